The van der Waals surface area contributed by atoms with Crippen molar-refractivity contribution in [3.63, 3.8) is 0 Å². The van der Waals surface area contributed by atoms with Gasteiger partial charge in [0.25, 0.3) is 11.6 Å². The van der Waals surface area contributed by atoms with Gasteiger partial charge in [-0.1, -0.05) is 37.6 Å². The van der Waals surface area contributed by atoms with E-state index in [1.54, 1.807) is 36.1 Å². The number of benzene rings is 2. The standard InChI is InChI=1S/C24H24ClN3O5/c1-4-26(5-2)9-10-27-21(15-7-6-8-16(12-15)28(31)32)20-22(29)17-13-18(25)14(3)11-19(17)33-23(20)24(27)30/h6-8,11-13,21H,4-5,9-10H2,1-3H3. The van der Waals surface area contributed by atoms with E-state index in [9.17, 15) is 19.7 Å². The number of nitro groups is 1. The molecule has 0 radical (unpaired) electrons. The molecule has 1 amide bonds. The first-order valence-corrected chi connectivity index (χ1v) is 11.2. The normalized spacial score (nSPS) is 15.5. The molecule has 1 aliphatic heterocycles. The van der Waals surface area contributed by atoms with E-state index in [2.05, 4.69) is 4.90 Å². The molecule has 1 aromatic heterocycles. The van der Waals surface area contributed by atoms with E-state index in [4.69, 9.17) is 16.0 Å². The fraction of sp³-hybridized carbons (Fsp3) is 0.333. The first-order chi connectivity index (χ1) is 15.8. The number of non-ortho nitro benzene ring substituents is 1. The maximum absolute atomic E-state index is 13.6. The lowest BCUT2D eigenvalue weighted by Gasteiger charge is -2.28. The van der Waals surface area contributed by atoms with Gasteiger partial charge in [0.2, 0.25) is 5.76 Å². The maximum Gasteiger partial charge on any atom is 0.290 e. The zero-order valence-electron chi connectivity index (χ0n) is 18.6. The number of halogens is 1. The van der Waals surface area contributed by atoms with Gasteiger partial charge in [0.1, 0.15) is 5.58 Å². The van der Waals surface area contributed by atoms with Crippen molar-refractivity contribution in [2.75, 3.05) is 26.2 Å². The first kappa shape index (κ1) is 22.9. The molecule has 0 spiro atoms. The van der Waals surface area contributed by atoms with Crippen LogP contribution < -0.4 is 5.43 Å². The summed E-state index contributed by atoms with van der Waals surface area (Å²) in [6.07, 6.45) is 0. The van der Waals surface area contributed by atoms with Crippen LogP contribution in [-0.4, -0.2) is 46.8 Å². The number of rotatable bonds is 7. The quantitative estimate of drug-likeness (QED) is 0.372. The molecule has 2 heterocycles. The second-order valence-electron chi connectivity index (χ2n) is 8.05. The van der Waals surface area contributed by atoms with Crippen molar-refractivity contribution in [2.45, 2.75) is 26.8 Å². The summed E-state index contributed by atoms with van der Waals surface area (Å²) in [6, 6.07) is 8.44. The maximum atomic E-state index is 13.6. The minimum Gasteiger partial charge on any atom is -0.450 e. The number of aryl methyl sites for hydroxylation is 1. The van der Waals surface area contributed by atoms with E-state index in [0.29, 0.717) is 23.7 Å². The second kappa shape index (κ2) is 8.96. The lowest BCUT2D eigenvalue weighted by atomic mass is 9.98. The van der Waals surface area contributed by atoms with E-state index < -0.39 is 16.9 Å². The number of hydrogen-bond acceptors (Lipinski definition) is 6. The third-order valence-electron chi connectivity index (χ3n) is 6.20. The number of carbonyl (C=O) groups is 1. The Hall–Kier alpha value is -3.23. The van der Waals surface area contributed by atoms with Crippen LogP contribution in [0.25, 0.3) is 11.0 Å². The van der Waals surface area contributed by atoms with Crippen LogP contribution in [0, 0.1) is 17.0 Å². The molecule has 1 aliphatic rings. The van der Waals surface area contributed by atoms with E-state index in [1.165, 1.54) is 12.1 Å². The molecule has 172 valence electrons. The number of amides is 1. The largest absolute Gasteiger partial charge is 0.450 e. The van der Waals surface area contributed by atoms with E-state index in [-0.39, 0.29) is 33.4 Å². The molecular weight excluding hydrogens is 446 g/mol. The van der Waals surface area contributed by atoms with Gasteiger partial charge in [-0.2, -0.15) is 0 Å². The fourth-order valence-corrected chi connectivity index (χ4v) is 4.48. The second-order valence-corrected chi connectivity index (χ2v) is 8.46. The van der Waals surface area contributed by atoms with Crippen LogP contribution in [0.3, 0.4) is 0 Å². The average Bonchev–Trinajstić information content (AvgIpc) is 3.08. The monoisotopic (exact) mass is 469 g/mol. The summed E-state index contributed by atoms with van der Waals surface area (Å²) in [5.74, 6) is -0.425. The van der Waals surface area contributed by atoms with Gasteiger partial charge in [-0.15, -0.1) is 0 Å². The Labute approximate surface area is 195 Å². The van der Waals surface area contributed by atoms with Crippen molar-refractivity contribution in [3.05, 3.63) is 84.2 Å². The highest BCUT2D eigenvalue weighted by Gasteiger charge is 2.43. The summed E-state index contributed by atoms with van der Waals surface area (Å²) >= 11 is 6.26. The number of nitrogens with zero attached hydrogens (tertiary/aromatic N) is 3. The SMILES string of the molecule is CCN(CC)CCN1C(=O)c2oc3cc(C)c(Cl)cc3c(=O)c2C1c1cccc([N+](=O)[O-])c1. The molecule has 0 aliphatic carbocycles. The lowest BCUT2D eigenvalue weighted by Crippen LogP contribution is -2.37. The van der Waals surface area contributed by atoms with E-state index >= 15 is 0 Å². The van der Waals surface area contributed by atoms with Crippen molar-refractivity contribution >= 4 is 34.2 Å². The van der Waals surface area contributed by atoms with Crippen molar-refractivity contribution in [1.29, 1.82) is 0 Å². The molecule has 2 aromatic carbocycles. The van der Waals surface area contributed by atoms with Gasteiger partial charge in [-0.3, -0.25) is 19.7 Å². The van der Waals surface area contributed by atoms with Gasteiger partial charge in [-0.25, -0.2) is 0 Å². The molecule has 4 rings (SSSR count). The molecule has 1 unspecified atom stereocenters. The van der Waals surface area contributed by atoms with Crippen LogP contribution >= 0.6 is 11.6 Å². The first-order valence-electron chi connectivity index (χ1n) is 10.8. The molecule has 8 nitrogen and oxygen atoms in total. The summed E-state index contributed by atoms with van der Waals surface area (Å²) in [5.41, 5.74) is 1.22. The molecular formula is C24H24ClN3O5. The number of nitro benzene ring substituents is 1. The molecule has 0 saturated heterocycles. The van der Waals surface area contributed by atoms with Gasteiger partial charge >= 0.3 is 0 Å². The number of likely N-dealkylation sites (N-methyl/N-ethyl adjacent to an activating group) is 1. The molecule has 33 heavy (non-hydrogen) atoms. The van der Waals surface area contributed by atoms with Gasteiger partial charge in [0.05, 0.1) is 21.9 Å². The lowest BCUT2D eigenvalue weighted by molar-refractivity contribution is -0.384. The van der Waals surface area contributed by atoms with E-state index in [0.717, 1.165) is 18.7 Å². The Bertz CT molecular complexity index is 1320. The molecule has 3 aromatic rings. The highest BCUT2D eigenvalue weighted by molar-refractivity contribution is 6.32. The number of carbonyl (C=O) groups excluding carboxylic acids is 1. The molecule has 1 atom stereocenters. The molecule has 0 fully saturated rings. The van der Waals surface area contributed by atoms with E-state index in [1.807, 2.05) is 13.8 Å². The Morgan fingerprint density at radius 3 is 2.58 bits per heavy atom. The minimum atomic E-state index is -0.788. The Morgan fingerprint density at radius 2 is 1.91 bits per heavy atom. The molecule has 9 heteroatoms. The van der Waals surface area contributed by atoms with Crippen LogP contribution in [0.1, 0.15) is 47.1 Å². The summed E-state index contributed by atoms with van der Waals surface area (Å²) in [6.45, 7) is 8.42. The van der Waals surface area contributed by atoms with Gasteiger partial charge in [0, 0.05) is 30.2 Å². The summed E-state index contributed by atoms with van der Waals surface area (Å²) in [7, 11) is 0. The minimum absolute atomic E-state index is 0.0229. The van der Waals surface area contributed by atoms with Crippen LogP contribution in [0.5, 0.6) is 0 Å². The van der Waals surface area contributed by atoms with Crippen molar-refractivity contribution in [1.82, 2.24) is 9.80 Å². The highest BCUT2D eigenvalue weighted by Crippen LogP contribution is 2.39. The van der Waals surface area contributed by atoms with Crippen molar-refractivity contribution in [2.24, 2.45) is 0 Å². The van der Waals surface area contributed by atoms with Crippen LogP contribution in [0.15, 0.2) is 45.6 Å². The third kappa shape index (κ3) is 4.00. The predicted octanol–water partition coefficient (Wildman–Crippen LogP) is 4.55. The smallest absolute Gasteiger partial charge is 0.290 e. The molecule has 0 N–H and O–H groups in total. The summed E-state index contributed by atoms with van der Waals surface area (Å²) < 4.78 is 5.95. The van der Waals surface area contributed by atoms with Gasteiger partial charge in [0.15, 0.2) is 5.43 Å². The topological polar surface area (TPSA) is 96.9 Å². The predicted molar refractivity (Wildman–Crippen MR) is 126 cm³/mol. The third-order valence-corrected chi connectivity index (χ3v) is 6.60. The van der Waals surface area contributed by atoms with Crippen molar-refractivity contribution in [3.8, 4) is 0 Å². The average molecular weight is 470 g/mol. The van der Waals surface area contributed by atoms with Crippen molar-refractivity contribution < 1.29 is 14.1 Å². The zero-order valence-corrected chi connectivity index (χ0v) is 19.4. The zero-order chi connectivity index (χ0) is 23.9. The van der Waals surface area contributed by atoms with Crippen LogP contribution in [-0.2, 0) is 0 Å². The Balaban J connectivity index is 1.92. The Kier molecular flexibility index (Phi) is 6.23. The van der Waals surface area contributed by atoms with Crippen LogP contribution in [0.4, 0.5) is 5.69 Å². The Morgan fingerprint density at radius 1 is 1.18 bits per heavy atom. The number of fused-ring (bicyclic) bond motifs is 2. The highest BCUT2D eigenvalue weighted by atomic mass is 35.5. The number of hydrogen-bond donors (Lipinski definition) is 0. The summed E-state index contributed by atoms with van der Waals surface area (Å²) in [4.78, 5) is 41.7. The molecule has 0 bridgehead atoms. The molecule has 0 saturated carbocycles. The van der Waals surface area contributed by atoms with Gasteiger partial charge in [-0.05, 0) is 43.3 Å². The van der Waals surface area contributed by atoms with Crippen LogP contribution in [0.2, 0.25) is 5.02 Å². The summed E-state index contributed by atoms with van der Waals surface area (Å²) in [5, 5.41) is 12.1. The van der Waals surface area contributed by atoms with Gasteiger partial charge < -0.3 is 14.2 Å². The fourth-order valence-electron chi connectivity index (χ4n) is 4.32.